The van der Waals surface area contributed by atoms with Gasteiger partial charge in [0.15, 0.2) is 6.10 Å². The molecular weight excluding hydrogens is 393 g/mol. The molecule has 0 bridgehead atoms. The number of halogens is 1. The van der Waals surface area contributed by atoms with Crippen molar-refractivity contribution in [1.29, 1.82) is 0 Å². The first kappa shape index (κ1) is 22.5. The lowest BCUT2D eigenvalue weighted by molar-refractivity contribution is -0.123. The molecule has 3 N–H and O–H groups in total. The third-order valence-corrected chi connectivity index (χ3v) is 3.90. The highest BCUT2D eigenvalue weighted by molar-refractivity contribution is 6.00. The van der Waals surface area contributed by atoms with Crippen molar-refractivity contribution < 1.29 is 28.3 Å². The number of benzene rings is 2. The Balaban J connectivity index is 2.14. The molecule has 3 amide bonds. The third-order valence-electron chi connectivity index (χ3n) is 3.90. The minimum atomic E-state index is -1.18. The highest BCUT2D eigenvalue weighted by Crippen LogP contribution is 2.21. The Hall–Kier alpha value is -3.75. The van der Waals surface area contributed by atoms with Gasteiger partial charge in [-0.15, -0.1) is 0 Å². The van der Waals surface area contributed by atoms with Gasteiger partial charge in [-0.3, -0.25) is 14.4 Å². The van der Waals surface area contributed by atoms with Gasteiger partial charge in [-0.1, -0.05) is 6.07 Å². The number of hydrogen-bond donors (Lipinski definition) is 3. The lowest BCUT2D eigenvalue weighted by atomic mass is 10.1. The number of hydrogen-bond acceptors (Lipinski definition) is 5. The summed E-state index contributed by atoms with van der Waals surface area (Å²) in [6.45, 7) is 5.55. The van der Waals surface area contributed by atoms with E-state index in [2.05, 4.69) is 16.0 Å². The molecule has 2 aromatic carbocycles. The Bertz CT molecular complexity index is 972. The fourth-order valence-electron chi connectivity index (χ4n) is 2.49. The van der Waals surface area contributed by atoms with Gasteiger partial charge in [-0.2, -0.15) is 0 Å². The zero-order chi connectivity index (χ0) is 22.4. The van der Waals surface area contributed by atoms with E-state index in [-0.39, 0.29) is 34.4 Å². The molecule has 0 aromatic heterocycles. The minimum Gasteiger partial charge on any atom is -0.449 e. The normalized spacial score (nSPS) is 11.2. The van der Waals surface area contributed by atoms with Gasteiger partial charge >= 0.3 is 5.97 Å². The van der Waals surface area contributed by atoms with E-state index in [9.17, 15) is 23.6 Å². The molecule has 1 atom stereocenters. The smallest absolute Gasteiger partial charge is 0.339 e. The van der Waals surface area contributed by atoms with Gasteiger partial charge in [0, 0.05) is 30.9 Å². The van der Waals surface area contributed by atoms with Gasteiger partial charge in [0.1, 0.15) is 5.82 Å². The molecule has 30 heavy (non-hydrogen) atoms. The molecule has 0 aliphatic heterocycles. The minimum absolute atomic E-state index is 0.0195. The van der Waals surface area contributed by atoms with Crippen molar-refractivity contribution in [2.75, 3.05) is 16.0 Å². The summed E-state index contributed by atoms with van der Waals surface area (Å²) >= 11 is 0. The van der Waals surface area contributed by atoms with Gasteiger partial charge in [0.25, 0.3) is 5.91 Å². The predicted octanol–water partition coefficient (Wildman–Crippen LogP) is 3.23. The average molecular weight is 415 g/mol. The quantitative estimate of drug-likeness (QED) is 0.627. The second kappa shape index (κ2) is 9.64. The first-order chi connectivity index (χ1) is 14.0. The van der Waals surface area contributed by atoms with Gasteiger partial charge in [-0.25, -0.2) is 9.18 Å². The number of aryl methyl sites for hydroxylation is 1. The van der Waals surface area contributed by atoms with Crippen LogP contribution in [0.5, 0.6) is 0 Å². The van der Waals surface area contributed by atoms with Crippen molar-refractivity contribution in [3.05, 3.63) is 53.3 Å². The molecule has 0 saturated heterocycles. The summed E-state index contributed by atoms with van der Waals surface area (Å²) in [5.74, 6) is -2.70. The van der Waals surface area contributed by atoms with Crippen LogP contribution in [0.4, 0.5) is 21.5 Å². The number of ether oxygens (including phenoxy) is 1. The second-order valence-electron chi connectivity index (χ2n) is 6.66. The van der Waals surface area contributed by atoms with E-state index in [1.165, 1.54) is 57.2 Å². The lowest BCUT2D eigenvalue weighted by Gasteiger charge is -2.15. The maximum atomic E-state index is 13.6. The molecule has 0 saturated carbocycles. The van der Waals surface area contributed by atoms with Crippen molar-refractivity contribution in [3.8, 4) is 0 Å². The highest BCUT2D eigenvalue weighted by Gasteiger charge is 2.20. The summed E-state index contributed by atoms with van der Waals surface area (Å²) in [6, 6.07) is 8.39. The standard InChI is InChI=1S/C21H22FN3O5/c1-11-5-6-16(10-19(11)22)25-20(28)12(2)30-21(29)15-7-17(23-13(3)26)9-18(8-15)24-14(4)27/h5-10,12H,1-4H3,(H,23,26)(H,24,27)(H,25,28). The predicted molar refractivity (Wildman–Crippen MR) is 110 cm³/mol. The molecule has 2 rings (SSSR count). The molecular formula is C21H22FN3O5. The van der Waals surface area contributed by atoms with E-state index in [4.69, 9.17) is 4.74 Å². The molecule has 8 nitrogen and oxygen atoms in total. The third kappa shape index (κ3) is 6.40. The first-order valence-electron chi connectivity index (χ1n) is 9.03. The fourth-order valence-corrected chi connectivity index (χ4v) is 2.49. The van der Waals surface area contributed by atoms with E-state index < -0.39 is 23.8 Å². The number of nitrogens with one attached hydrogen (secondary N) is 3. The molecule has 0 fully saturated rings. The molecule has 158 valence electrons. The molecule has 0 aliphatic rings. The van der Waals surface area contributed by atoms with Crippen molar-refractivity contribution in [2.45, 2.75) is 33.8 Å². The van der Waals surface area contributed by atoms with Gasteiger partial charge in [-0.05, 0) is 49.7 Å². The maximum absolute atomic E-state index is 13.6. The number of carbonyl (C=O) groups is 4. The van der Waals surface area contributed by atoms with Crippen molar-refractivity contribution >= 4 is 40.8 Å². The van der Waals surface area contributed by atoms with Crippen LogP contribution < -0.4 is 16.0 Å². The number of carbonyl (C=O) groups excluding carboxylic acids is 4. The van der Waals surface area contributed by atoms with E-state index in [1.54, 1.807) is 6.92 Å². The Morgan fingerprint density at radius 3 is 1.93 bits per heavy atom. The van der Waals surface area contributed by atoms with Gasteiger partial charge in [0.05, 0.1) is 5.56 Å². The van der Waals surface area contributed by atoms with E-state index >= 15 is 0 Å². The van der Waals surface area contributed by atoms with Crippen LogP contribution >= 0.6 is 0 Å². The van der Waals surface area contributed by atoms with Crippen molar-refractivity contribution in [1.82, 2.24) is 0 Å². The summed E-state index contributed by atoms with van der Waals surface area (Å²) in [6.07, 6.45) is -1.18. The molecule has 0 heterocycles. The summed E-state index contributed by atoms with van der Waals surface area (Å²) in [7, 11) is 0. The van der Waals surface area contributed by atoms with Crippen molar-refractivity contribution in [2.24, 2.45) is 0 Å². The molecule has 0 aliphatic carbocycles. The van der Waals surface area contributed by atoms with Crippen LogP contribution in [-0.4, -0.2) is 29.8 Å². The number of rotatable bonds is 6. The van der Waals surface area contributed by atoms with Crippen LogP contribution in [0.15, 0.2) is 36.4 Å². The van der Waals surface area contributed by atoms with Crippen LogP contribution in [0.1, 0.15) is 36.7 Å². The van der Waals surface area contributed by atoms with E-state index in [0.29, 0.717) is 5.56 Å². The second-order valence-corrected chi connectivity index (χ2v) is 6.66. The molecule has 0 radical (unpaired) electrons. The molecule has 2 aromatic rings. The number of anilines is 3. The largest absolute Gasteiger partial charge is 0.449 e. The average Bonchev–Trinajstić information content (AvgIpc) is 2.63. The Kier molecular flexibility index (Phi) is 7.24. The Morgan fingerprint density at radius 1 is 0.867 bits per heavy atom. The van der Waals surface area contributed by atoms with Crippen LogP contribution in [0, 0.1) is 12.7 Å². The molecule has 0 spiro atoms. The van der Waals surface area contributed by atoms with Crippen molar-refractivity contribution in [3.63, 3.8) is 0 Å². The zero-order valence-corrected chi connectivity index (χ0v) is 17.0. The molecule has 1 unspecified atom stereocenters. The van der Waals surface area contributed by atoms with Crippen LogP contribution in [0.3, 0.4) is 0 Å². The van der Waals surface area contributed by atoms with Gasteiger partial charge < -0.3 is 20.7 Å². The number of amides is 3. The lowest BCUT2D eigenvalue weighted by Crippen LogP contribution is -2.30. The Morgan fingerprint density at radius 2 is 1.43 bits per heavy atom. The molecule has 9 heteroatoms. The SMILES string of the molecule is CC(=O)Nc1cc(NC(C)=O)cc(C(=O)OC(C)C(=O)Nc2ccc(C)c(F)c2)c1. The monoisotopic (exact) mass is 415 g/mol. The van der Waals surface area contributed by atoms with Crippen LogP contribution in [0.2, 0.25) is 0 Å². The fraction of sp³-hybridized carbons (Fsp3) is 0.238. The maximum Gasteiger partial charge on any atom is 0.339 e. The Labute approximate surface area is 172 Å². The first-order valence-corrected chi connectivity index (χ1v) is 9.03. The highest BCUT2D eigenvalue weighted by atomic mass is 19.1. The summed E-state index contributed by atoms with van der Waals surface area (Å²) in [5.41, 5.74) is 1.22. The van der Waals surface area contributed by atoms with Crippen LogP contribution in [-0.2, 0) is 19.1 Å². The topological polar surface area (TPSA) is 114 Å². The summed E-state index contributed by atoms with van der Waals surface area (Å²) in [4.78, 5) is 47.4. The summed E-state index contributed by atoms with van der Waals surface area (Å²) < 4.78 is 18.8. The number of esters is 1. The summed E-state index contributed by atoms with van der Waals surface area (Å²) in [5, 5.41) is 7.51. The zero-order valence-electron chi connectivity index (χ0n) is 17.0. The van der Waals surface area contributed by atoms with Crippen LogP contribution in [0.25, 0.3) is 0 Å². The van der Waals surface area contributed by atoms with E-state index in [1.807, 2.05) is 0 Å². The van der Waals surface area contributed by atoms with Gasteiger partial charge in [0.2, 0.25) is 11.8 Å². The van der Waals surface area contributed by atoms with E-state index in [0.717, 1.165) is 0 Å².